The molecule has 0 fully saturated rings. The van der Waals surface area contributed by atoms with Crippen LogP contribution in [0.25, 0.3) is 0 Å². The summed E-state index contributed by atoms with van der Waals surface area (Å²) < 4.78 is 9.46. The Morgan fingerprint density at radius 2 is 2.05 bits per heavy atom. The molecule has 2 N–H and O–H groups in total. The van der Waals surface area contributed by atoms with Crippen molar-refractivity contribution >= 4 is 11.9 Å². The monoisotopic (exact) mass is 267 g/mol. The van der Waals surface area contributed by atoms with Crippen LogP contribution in [0, 0.1) is 6.92 Å². The van der Waals surface area contributed by atoms with Crippen LogP contribution in [0.15, 0.2) is 18.2 Å². The number of amides is 1. The summed E-state index contributed by atoms with van der Waals surface area (Å²) in [6, 6.07) is 4.98. The maximum absolute atomic E-state index is 11.8. The largest absolute Gasteiger partial charge is 0.496 e. The molecule has 6 heteroatoms. The van der Waals surface area contributed by atoms with Gasteiger partial charge in [-0.05, 0) is 24.6 Å². The van der Waals surface area contributed by atoms with Gasteiger partial charge in [-0.3, -0.25) is 4.79 Å². The number of aliphatic hydroxyl groups excluding tert-OH is 1. The van der Waals surface area contributed by atoms with Crippen molar-refractivity contribution in [2.75, 3.05) is 20.8 Å². The lowest BCUT2D eigenvalue weighted by molar-refractivity contribution is -0.149. The molecule has 1 atom stereocenters. The number of aryl methyl sites for hydroxylation is 1. The Morgan fingerprint density at radius 3 is 2.63 bits per heavy atom. The molecule has 0 aromatic heterocycles. The van der Waals surface area contributed by atoms with Gasteiger partial charge in [-0.25, -0.2) is 4.79 Å². The summed E-state index contributed by atoms with van der Waals surface area (Å²) in [6.45, 7) is 1.66. The zero-order valence-corrected chi connectivity index (χ0v) is 11.1. The Hall–Kier alpha value is -2.08. The van der Waals surface area contributed by atoms with Gasteiger partial charge in [0.1, 0.15) is 5.75 Å². The van der Waals surface area contributed by atoms with Crippen LogP contribution >= 0.6 is 0 Å². The van der Waals surface area contributed by atoms with E-state index in [1.54, 1.807) is 18.2 Å². The minimum Gasteiger partial charge on any atom is -0.496 e. The second-order valence-electron chi connectivity index (χ2n) is 3.93. The normalized spacial score (nSPS) is 11.6. The van der Waals surface area contributed by atoms with Crippen LogP contribution < -0.4 is 10.1 Å². The van der Waals surface area contributed by atoms with Crippen LogP contribution in [0.4, 0.5) is 0 Å². The molecule has 0 saturated carbocycles. The van der Waals surface area contributed by atoms with Crippen molar-refractivity contribution in [2.24, 2.45) is 0 Å². The fourth-order valence-electron chi connectivity index (χ4n) is 1.47. The molecule has 1 aromatic rings. The van der Waals surface area contributed by atoms with Crippen LogP contribution in [-0.2, 0) is 9.53 Å². The van der Waals surface area contributed by atoms with Gasteiger partial charge in [0.25, 0.3) is 5.91 Å². The molecule has 0 saturated heterocycles. The van der Waals surface area contributed by atoms with Crippen LogP contribution in [0.2, 0.25) is 0 Å². The minimum atomic E-state index is -1.37. The molecule has 1 unspecified atom stereocenters. The van der Waals surface area contributed by atoms with Crippen LogP contribution in [-0.4, -0.2) is 43.9 Å². The zero-order valence-electron chi connectivity index (χ0n) is 11.1. The summed E-state index contributed by atoms with van der Waals surface area (Å²) in [7, 11) is 2.68. The SMILES string of the molecule is COC(=O)C(O)CNC(=O)c1ccc(C)c(OC)c1. The number of methoxy groups -OCH3 is 2. The van der Waals surface area contributed by atoms with E-state index in [1.165, 1.54) is 7.11 Å². The molecule has 0 aliphatic rings. The van der Waals surface area contributed by atoms with E-state index in [2.05, 4.69) is 10.1 Å². The minimum absolute atomic E-state index is 0.207. The number of nitrogens with one attached hydrogen (secondary N) is 1. The highest BCUT2D eigenvalue weighted by molar-refractivity contribution is 5.95. The molecule has 0 aliphatic carbocycles. The first-order chi connectivity index (χ1) is 8.99. The molecule has 0 heterocycles. The standard InChI is InChI=1S/C13H17NO5/c1-8-4-5-9(6-11(8)18-2)12(16)14-7-10(15)13(17)19-3/h4-6,10,15H,7H2,1-3H3,(H,14,16). The molecular formula is C13H17NO5. The highest BCUT2D eigenvalue weighted by Gasteiger charge is 2.17. The number of benzene rings is 1. The predicted octanol–water partition coefficient (Wildman–Crippen LogP) is 0.267. The summed E-state index contributed by atoms with van der Waals surface area (Å²) in [5.41, 5.74) is 1.30. The fourth-order valence-corrected chi connectivity index (χ4v) is 1.47. The van der Waals surface area contributed by atoms with E-state index < -0.39 is 18.0 Å². The molecule has 1 aromatic carbocycles. The summed E-state index contributed by atoms with van der Waals surface area (Å²) in [6.07, 6.45) is -1.37. The van der Waals surface area contributed by atoms with E-state index in [4.69, 9.17) is 4.74 Å². The van der Waals surface area contributed by atoms with Crippen LogP contribution in [0.1, 0.15) is 15.9 Å². The van der Waals surface area contributed by atoms with Crippen molar-refractivity contribution in [1.82, 2.24) is 5.32 Å². The molecule has 6 nitrogen and oxygen atoms in total. The van der Waals surface area contributed by atoms with Gasteiger partial charge >= 0.3 is 5.97 Å². The van der Waals surface area contributed by atoms with E-state index in [0.29, 0.717) is 11.3 Å². The molecule has 0 radical (unpaired) electrons. The van der Waals surface area contributed by atoms with Gasteiger partial charge in [-0.1, -0.05) is 6.07 Å². The molecule has 104 valence electrons. The van der Waals surface area contributed by atoms with Crippen LogP contribution in [0.3, 0.4) is 0 Å². The Balaban J connectivity index is 2.66. The number of aliphatic hydroxyl groups is 1. The van der Waals surface area contributed by atoms with Crippen molar-refractivity contribution in [2.45, 2.75) is 13.0 Å². The third-order valence-electron chi connectivity index (χ3n) is 2.60. The first kappa shape index (κ1) is 15.0. The number of carbonyl (C=O) groups excluding carboxylic acids is 2. The molecule has 0 bridgehead atoms. The molecule has 1 rings (SSSR count). The van der Waals surface area contributed by atoms with E-state index in [9.17, 15) is 14.7 Å². The quantitative estimate of drug-likeness (QED) is 0.748. The lowest BCUT2D eigenvalue weighted by Crippen LogP contribution is -2.37. The number of hydrogen-bond acceptors (Lipinski definition) is 5. The lowest BCUT2D eigenvalue weighted by Gasteiger charge is -2.11. The summed E-state index contributed by atoms with van der Waals surface area (Å²) in [5, 5.41) is 11.8. The highest BCUT2D eigenvalue weighted by atomic mass is 16.5. The number of rotatable bonds is 5. The molecule has 0 aliphatic heterocycles. The maximum Gasteiger partial charge on any atom is 0.336 e. The van der Waals surface area contributed by atoms with Gasteiger partial charge in [0.05, 0.1) is 20.8 Å². The van der Waals surface area contributed by atoms with Crippen molar-refractivity contribution in [1.29, 1.82) is 0 Å². The molecule has 19 heavy (non-hydrogen) atoms. The van der Waals surface area contributed by atoms with E-state index in [1.807, 2.05) is 6.92 Å². The van der Waals surface area contributed by atoms with E-state index >= 15 is 0 Å². The lowest BCUT2D eigenvalue weighted by atomic mass is 10.1. The predicted molar refractivity (Wildman–Crippen MR) is 68.1 cm³/mol. The van der Waals surface area contributed by atoms with Crippen molar-refractivity contribution in [3.8, 4) is 5.75 Å². The van der Waals surface area contributed by atoms with Gasteiger partial charge in [0, 0.05) is 5.56 Å². The van der Waals surface area contributed by atoms with Gasteiger partial charge < -0.3 is 19.9 Å². The third kappa shape index (κ3) is 3.96. The van der Waals surface area contributed by atoms with Gasteiger partial charge in [-0.2, -0.15) is 0 Å². The average Bonchev–Trinajstić information content (AvgIpc) is 2.43. The smallest absolute Gasteiger partial charge is 0.336 e. The topological polar surface area (TPSA) is 84.9 Å². The number of hydrogen-bond donors (Lipinski definition) is 2. The van der Waals surface area contributed by atoms with Crippen molar-refractivity contribution < 1.29 is 24.2 Å². The second-order valence-corrected chi connectivity index (χ2v) is 3.93. The Labute approximate surface area is 111 Å². The highest BCUT2D eigenvalue weighted by Crippen LogP contribution is 2.18. The number of esters is 1. The Bertz CT molecular complexity index is 472. The Morgan fingerprint density at radius 1 is 1.37 bits per heavy atom. The summed E-state index contributed by atoms with van der Waals surface area (Å²) in [4.78, 5) is 22.8. The molecule has 1 amide bonds. The maximum atomic E-state index is 11.8. The fraction of sp³-hybridized carbons (Fsp3) is 0.385. The first-order valence-electron chi connectivity index (χ1n) is 5.68. The summed E-state index contributed by atoms with van der Waals surface area (Å²) in [5.74, 6) is -0.593. The van der Waals surface area contributed by atoms with Crippen LogP contribution in [0.5, 0.6) is 5.75 Å². The van der Waals surface area contributed by atoms with Gasteiger partial charge in [-0.15, -0.1) is 0 Å². The van der Waals surface area contributed by atoms with E-state index in [0.717, 1.165) is 12.7 Å². The summed E-state index contributed by atoms with van der Waals surface area (Å²) >= 11 is 0. The number of ether oxygens (including phenoxy) is 2. The zero-order chi connectivity index (χ0) is 14.4. The van der Waals surface area contributed by atoms with Gasteiger partial charge in [0.2, 0.25) is 0 Å². The van der Waals surface area contributed by atoms with Gasteiger partial charge in [0.15, 0.2) is 6.10 Å². The van der Waals surface area contributed by atoms with E-state index in [-0.39, 0.29) is 6.54 Å². The second kappa shape index (κ2) is 6.75. The first-order valence-corrected chi connectivity index (χ1v) is 5.68. The third-order valence-corrected chi connectivity index (χ3v) is 2.60. The van der Waals surface area contributed by atoms with Crippen molar-refractivity contribution in [3.05, 3.63) is 29.3 Å². The average molecular weight is 267 g/mol. The molecule has 0 spiro atoms. The molecular weight excluding hydrogens is 250 g/mol. The van der Waals surface area contributed by atoms with Crippen molar-refractivity contribution in [3.63, 3.8) is 0 Å². The Kier molecular flexibility index (Phi) is 5.32. The number of carbonyl (C=O) groups is 2.